The minimum absolute atomic E-state index is 0.0985. The van der Waals surface area contributed by atoms with Crippen LogP contribution in [0.25, 0.3) is 10.9 Å². The van der Waals surface area contributed by atoms with Crippen molar-refractivity contribution < 1.29 is 9.47 Å². The van der Waals surface area contributed by atoms with Crippen LogP contribution in [0.1, 0.15) is 36.7 Å². The Labute approximate surface area is 203 Å². The van der Waals surface area contributed by atoms with Gasteiger partial charge in [0, 0.05) is 36.2 Å². The van der Waals surface area contributed by atoms with Crippen LogP contribution >= 0.6 is 0 Å². The molecule has 2 aromatic heterocycles. The van der Waals surface area contributed by atoms with E-state index in [0.29, 0.717) is 38.3 Å². The Bertz CT molecular complexity index is 1310. The zero-order chi connectivity index (χ0) is 24.0. The van der Waals surface area contributed by atoms with E-state index in [4.69, 9.17) is 9.47 Å². The van der Waals surface area contributed by atoms with Gasteiger partial charge in [-0.15, -0.1) is 5.10 Å². The van der Waals surface area contributed by atoms with Crippen LogP contribution in [0.5, 0.6) is 5.75 Å². The van der Waals surface area contributed by atoms with Crippen LogP contribution in [0, 0.1) is 0 Å². The Morgan fingerprint density at radius 1 is 1.14 bits per heavy atom. The summed E-state index contributed by atoms with van der Waals surface area (Å²) < 4.78 is 13.2. The summed E-state index contributed by atoms with van der Waals surface area (Å²) in [6.07, 6.45) is 2.23. The van der Waals surface area contributed by atoms with Gasteiger partial charge >= 0.3 is 0 Å². The molecule has 0 amide bonds. The van der Waals surface area contributed by atoms with E-state index >= 15 is 0 Å². The number of ether oxygens (including phenoxy) is 2. The number of pyridine rings is 1. The number of hydrogen-bond donors (Lipinski definition) is 1. The van der Waals surface area contributed by atoms with Gasteiger partial charge in [0.05, 0.1) is 25.8 Å². The first-order chi connectivity index (χ1) is 17.2. The van der Waals surface area contributed by atoms with E-state index in [1.807, 2.05) is 54.1 Å². The molecule has 0 saturated carbocycles. The van der Waals surface area contributed by atoms with Crippen molar-refractivity contribution in [1.82, 2.24) is 30.1 Å². The van der Waals surface area contributed by atoms with Crippen LogP contribution in [-0.4, -0.2) is 49.4 Å². The van der Waals surface area contributed by atoms with Crippen molar-refractivity contribution in [3.05, 3.63) is 81.9 Å². The molecule has 3 heterocycles. The lowest BCUT2D eigenvalue weighted by Crippen LogP contribution is -2.29. The van der Waals surface area contributed by atoms with Crippen molar-refractivity contribution in [2.45, 2.75) is 52.0 Å². The van der Waals surface area contributed by atoms with Crippen molar-refractivity contribution in [3.63, 3.8) is 0 Å². The van der Waals surface area contributed by atoms with Crippen molar-refractivity contribution in [2.24, 2.45) is 0 Å². The Hall–Kier alpha value is -3.56. The SMILES string of the molecule is CCOc1ccc2[nH]c(=O)c(CN(Cc3ccccc3)Cc3nnnn3C[C@H]3CCCO3)cc2c1. The molecule has 0 bridgehead atoms. The van der Waals surface area contributed by atoms with Crippen LogP contribution in [0.4, 0.5) is 0 Å². The first-order valence-electron chi connectivity index (χ1n) is 12.1. The van der Waals surface area contributed by atoms with E-state index in [1.165, 1.54) is 0 Å². The number of aromatic amines is 1. The van der Waals surface area contributed by atoms with Crippen molar-refractivity contribution in [2.75, 3.05) is 13.2 Å². The maximum atomic E-state index is 13.0. The van der Waals surface area contributed by atoms with Crippen LogP contribution in [0.2, 0.25) is 0 Å². The van der Waals surface area contributed by atoms with E-state index in [9.17, 15) is 4.79 Å². The van der Waals surface area contributed by atoms with Crippen molar-refractivity contribution in [1.29, 1.82) is 0 Å². The lowest BCUT2D eigenvalue weighted by Gasteiger charge is -2.22. The van der Waals surface area contributed by atoms with Gasteiger partial charge in [-0.3, -0.25) is 9.69 Å². The van der Waals surface area contributed by atoms with Crippen LogP contribution in [-0.2, 0) is 30.9 Å². The number of aromatic nitrogens is 5. The van der Waals surface area contributed by atoms with E-state index in [-0.39, 0.29) is 11.7 Å². The number of nitrogens with one attached hydrogen (secondary N) is 1. The molecule has 1 aliphatic rings. The highest BCUT2D eigenvalue weighted by Crippen LogP contribution is 2.21. The monoisotopic (exact) mass is 474 g/mol. The number of hydrogen-bond acceptors (Lipinski definition) is 7. The maximum Gasteiger partial charge on any atom is 0.252 e. The molecule has 1 N–H and O–H groups in total. The quantitative estimate of drug-likeness (QED) is 0.377. The molecule has 9 heteroatoms. The minimum Gasteiger partial charge on any atom is -0.494 e. The number of nitrogens with zero attached hydrogens (tertiary/aromatic N) is 5. The molecule has 1 aliphatic heterocycles. The zero-order valence-electron chi connectivity index (χ0n) is 19.9. The summed E-state index contributed by atoms with van der Waals surface area (Å²) in [5.41, 5.74) is 2.53. The Morgan fingerprint density at radius 2 is 2.03 bits per heavy atom. The van der Waals surface area contributed by atoms with Gasteiger partial charge in [0.15, 0.2) is 5.82 Å². The molecule has 9 nitrogen and oxygen atoms in total. The van der Waals surface area contributed by atoms with Crippen molar-refractivity contribution >= 4 is 10.9 Å². The third-order valence-electron chi connectivity index (χ3n) is 6.22. The number of fused-ring (bicyclic) bond motifs is 1. The van der Waals surface area contributed by atoms with E-state index in [1.54, 1.807) is 0 Å². The first-order valence-corrected chi connectivity index (χ1v) is 12.1. The molecule has 5 rings (SSSR count). The van der Waals surface area contributed by atoms with Gasteiger partial charge in [-0.1, -0.05) is 30.3 Å². The second-order valence-electron chi connectivity index (χ2n) is 8.85. The molecule has 1 atom stereocenters. The van der Waals surface area contributed by atoms with Gasteiger partial charge in [-0.25, -0.2) is 4.68 Å². The minimum atomic E-state index is -0.0985. The topological polar surface area (TPSA) is 98.2 Å². The van der Waals surface area contributed by atoms with Gasteiger partial charge in [0.1, 0.15) is 5.75 Å². The molecule has 1 fully saturated rings. The average Bonchev–Trinajstić information content (AvgIpc) is 3.53. The fourth-order valence-corrected chi connectivity index (χ4v) is 4.51. The van der Waals surface area contributed by atoms with E-state index in [2.05, 4.69) is 37.5 Å². The molecule has 0 spiro atoms. The van der Waals surface area contributed by atoms with Gasteiger partial charge in [0.25, 0.3) is 5.56 Å². The predicted octanol–water partition coefficient (Wildman–Crippen LogP) is 3.29. The lowest BCUT2D eigenvalue weighted by atomic mass is 10.1. The Balaban J connectivity index is 1.41. The molecule has 1 saturated heterocycles. The van der Waals surface area contributed by atoms with E-state index < -0.39 is 0 Å². The first kappa shape index (κ1) is 23.2. The highest BCUT2D eigenvalue weighted by atomic mass is 16.5. The average molecular weight is 475 g/mol. The van der Waals surface area contributed by atoms with E-state index in [0.717, 1.165) is 47.5 Å². The molecule has 0 aliphatic carbocycles. The highest BCUT2D eigenvalue weighted by Gasteiger charge is 2.21. The zero-order valence-corrected chi connectivity index (χ0v) is 19.9. The van der Waals surface area contributed by atoms with Crippen LogP contribution < -0.4 is 10.3 Å². The predicted molar refractivity (Wildman–Crippen MR) is 132 cm³/mol. The Kier molecular flexibility index (Phi) is 7.15. The summed E-state index contributed by atoms with van der Waals surface area (Å²) in [4.78, 5) is 18.2. The second-order valence-corrected chi connectivity index (χ2v) is 8.85. The fourth-order valence-electron chi connectivity index (χ4n) is 4.51. The molecule has 2 aromatic carbocycles. The fraction of sp³-hybridized carbons (Fsp3) is 0.385. The number of benzene rings is 2. The number of H-pyrrole nitrogens is 1. The standard InChI is InChI=1S/C26H30N6O3/c1-2-34-22-10-11-24-20(14-22)13-21(26(33)27-24)16-31(15-19-7-4-3-5-8-19)18-25-28-29-30-32(25)17-23-9-6-12-35-23/h3-5,7-8,10-11,13-14,23H,2,6,9,12,15-18H2,1H3,(H,27,33)/t23-/m1/s1. The molecule has 35 heavy (non-hydrogen) atoms. The van der Waals surface area contributed by atoms with Gasteiger partial charge in [0.2, 0.25) is 0 Å². The van der Waals surface area contributed by atoms with Crippen LogP contribution in [0.15, 0.2) is 59.4 Å². The normalized spacial score (nSPS) is 15.8. The molecule has 182 valence electrons. The number of rotatable bonds is 10. The molecular weight excluding hydrogens is 444 g/mol. The third kappa shape index (κ3) is 5.75. The summed E-state index contributed by atoms with van der Waals surface area (Å²) in [7, 11) is 0. The molecule has 0 unspecified atom stereocenters. The van der Waals surface area contributed by atoms with Gasteiger partial charge in [-0.2, -0.15) is 0 Å². The molecule has 4 aromatic rings. The number of tetrazole rings is 1. The summed E-state index contributed by atoms with van der Waals surface area (Å²) in [6.45, 7) is 5.58. The largest absolute Gasteiger partial charge is 0.494 e. The second kappa shape index (κ2) is 10.8. The lowest BCUT2D eigenvalue weighted by molar-refractivity contribution is 0.0914. The summed E-state index contributed by atoms with van der Waals surface area (Å²) in [5, 5.41) is 13.3. The Morgan fingerprint density at radius 3 is 2.83 bits per heavy atom. The van der Waals surface area contributed by atoms with Gasteiger partial charge < -0.3 is 14.5 Å². The smallest absolute Gasteiger partial charge is 0.252 e. The van der Waals surface area contributed by atoms with Crippen LogP contribution in [0.3, 0.4) is 0 Å². The highest BCUT2D eigenvalue weighted by molar-refractivity contribution is 5.80. The molecule has 0 radical (unpaired) electrons. The maximum absolute atomic E-state index is 13.0. The third-order valence-corrected chi connectivity index (χ3v) is 6.22. The van der Waals surface area contributed by atoms with Gasteiger partial charge in [-0.05, 0) is 60.0 Å². The molecular formula is C26H30N6O3. The van der Waals surface area contributed by atoms with Crippen molar-refractivity contribution in [3.8, 4) is 5.75 Å². The summed E-state index contributed by atoms with van der Waals surface area (Å²) in [5.74, 6) is 1.54. The summed E-state index contributed by atoms with van der Waals surface area (Å²) in [6, 6.07) is 17.9. The summed E-state index contributed by atoms with van der Waals surface area (Å²) >= 11 is 0.